The standard InChI is InChI=1S/C9H8N2O2/c1-3-7-8(10-2)5-4-6-9(7)11(12)13/h3-6H,1-2H2. The Balaban J connectivity index is 3.43. The van der Waals surface area contributed by atoms with E-state index in [1.54, 1.807) is 12.1 Å². The highest BCUT2D eigenvalue weighted by Gasteiger charge is 2.13. The normalized spacial score (nSPS) is 9.23. The highest BCUT2D eigenvalue weighted by Crippen LogP contribution is 2.28. The van der Waals surface area contributed by atoms with Crippen LogP contribution in [0.1, 0.15) is 5.56 Å². The van der Waals surface area contributed by atoms with Crippen molar-refractivity contribution in [3.8, 4) is 0 Å². The van der Waals surface area contributed by atoms with Gasteiger partial charge in [0.15, 0.2) is 0 Å². The first kappa shape index (κ1) is 9.12. The summed E-state index contributed by atoms with van der Waals surface area (Å²) in [5.41, 5.74) is 0.881. The zero-order valence-electron chi connectivity index (χ0n) is 6.93. The van der Waals surface area contributed by atoms with E-state index in [9.17, 15) is 10.1 Å². The Bertz CT molecular complexity index is 372. The maximum Gasteiger partial charge on any atom is 0.278 e. The molecule has 4 nitrogen and oxygen atoms in total. The average molecular weight is 176 g/mol. The van der Waals surface area contributed by atoms with Crippen LogP contribution >= 0.6 is 0 Å². The van der Waals surface area contributed by atoms with Gasteiger partial charge < -0.3 is 0 Å². The van der Waals surface area contributed by atoms with E-state index in [1.165, 1.54) is 12.1 Å². The summed E-state index contributed by atoms with van der Waals surface area (Å²) in [5, 5.41) is 10.5. The van der Waals surface area contributed by atoms with Gasteiger partial charge in [-0.1, -0.05) is 18.7 Å². The number of nitro benzene ring substituents is 1. The average Bonchev–Trinajstić information content (AvgIpc) is 2.16. The summed E-state index contributed by atoms with van der Waals surface area (Å²) in [5.74, 6) is 0. The number of aliphatic imine (C=N–C) groups is 1. The van der Waals surface area contributed by atoms with Crippen LogP contribution in [-0.4, -0.2) is 11.6 Å². The molecule has 0 aliphatic rings. The third kappa shape index (κ3) is 1.61. The van der Waals surface area contributed by atoms with Crippen molar-refractivity contribution in [2.75, 3.05) is 0 Å². The molecule has 66 valence electrons. The van der Waals surface area contributed by atoms with Gasteiger partial charge >= 0.3 is 0 Å². The number of benzene rings is 1. The van der Waals surface area contributed by atoms with Gasteiger partial charge in [0, 0.05) is 6.07 Å². The molecule has 0 aromatic heterocycles. The predicted molar refractivity (Wildman–Crippen MR) is 52.4 cm³/mol. The largest absolute Gasteiger partial charge is 0.278 e. The molecule has 0 fully saturated rings. The highest BCUT2D eigenvalue weighted by atomic mass is 16.6. The summed E-state index contributed by atoms with van der Waals surface area (Å²) < 4.78 is 0. The molecule has 0 heterocycles. The van der Waals surface area contributed by atoms with E-state index in [1.807, 2.05) is 0 Å². The van der Waals surface area contributed by atoms with Crippen molar-refractivity contribution in [3.63, 3.8) is 0 Å². The van der Waals surface area contributed by atoms with E-state index < -0.39 is 4.92 Å². The fourth-order valence-electron chi connectivity index (χ4n) is 1.05. The summed E-state index contributed by atoms with van der Waals surface area (Å²) in [6, 6.07) is 4.62. The molecule has 0 spiro atoms. The van der Waals surface area contributed by atoms with Crippen molar-refractivity contribution < 1.29 is 4.92 Å². The van der Waals surface area contributed by atoms with E-state index in [0.717, 1.165) is 0 Å². The molecule has 1 rings (SSSR count). The fraction of sp³-hybridized carbons (Fsp3) is 0. The van der Waals surface area contributed by atoms with E-state index in [0.29, 0.717) is 11.3 Å². The lowest BCUT2D eigenvalue weighted by Crippen LogP contribution is -1.90. The molecule has 0 unspecified atom stereocenters. The van der Waals surface area contributed by atoms with Crippen LogP contribution in [0, 0.1) is 10.1 Å². The van der Waals surface area contributed by atoms with Crippen molar-refractivity contribution in [3.05, 3.63) is 40.5 Å². The van der Waals surface area contributed by atoms with Crippen molar-refractivity contribution in [2.45, 2.75) is 0 Å². The number of nitro groups is 1. The molecule has 0 bridgehead atoms. The lowest BCUT2D eigenvalue weighted by molar-refractivity contribution is -0.385. The summed E-state index contributed by atoms with van der Waals surface area (Å²) in [6.45, 7) is 6.81. The van der Waals surface area contributed by atoms with Crippen molar-refractivity contribution in [2.24, 2.45) is 4.99 Å². The van der Waals surface area contributed by atoms with Gasteiger partial charge in [0.05, 0.1) is 16.2 Å². The molecule has 4 heteroatoms. The second-order valence-corrected chi connectivity index (χ2v) is 2.33. The maximum absolute atomic E-state index is 10.5. The van der Waals surface area contributed by atoms with Gasteiger partial charge in [-0.2, -0.15) is 0 Å². The minimum atomic E-state index is -0.467. The topological polar surface area (TPSA) is 55.5 Å². The van der Waals surface area contributed by atoms with Gasteiger partial charge in [0.1, 0.15) is 0 Å². The van der Waals surface area contributed by atoms with Gasteiger partial charge in [-0.15, -0.1) is 0 Å². The van der Waals surface area contributed by atoms with Crippen LogP contribution in [0.2, 0.25) is 0 Å². The lowest BCUT2D eigenvalue weighted by Gasteiger charge is -1.99. The van der Waals surface area contributed by atoms with Gasteiger partial charge in [-0.3, -0.25) is 15.1 Å². The second kappa shape index (κ2) is 3.62. The molecule has 13 heavy (non-hydrogen) atoms. The third-order valence-corrected chi connectivity index (χ3v) is 1.63. The van der Waals surface area contributed by atoms with Crippen molar-refractivity contribution >= 4 is 24.2 Å². The molecule has 0 aliphatic carbocycles. The minimum absolute atomic E-state index is 0.0000926. The molecule has 0 aliphatic heterocycles. The Morgan fingerprint density at radius 2 is 2.23 bits per heavy atom. The monoisotopic (exact) mass is 176 g/mol. The lowest BCUT2D eigenvalue weighted by atomic mass is 10.1. The van der Waals surface area contributed by atoms with Gasteiger partial charge in [0.2, 0.25) is 0 Å². The Morgan fingerprint density at radius 3 is 2.69 bits per heavy atom. The van der Waals surface area contributed by atoms with Crippen LogP contribution < -0.4 is 0 Å². The zero-order chi connectivity index (χ0) is 9.84. The molecule has 0 N–H and O–H groups in total. The molecule has 0 radical (unpaired) electrons. The quantitative estimate of drug-likeness (QED) is 0.403. The summed E-state index contributed by atoms with van der Waals surface area (Å²) in [6.07, 6.45) is 1.40. The van der Waals surface area contributed by atoms with E-state index in [-0.39, 0.29) is 5.69 Å². The Morgan fingerprint density at radius 1 is 1.54 bits per heavy atom. The molecule has 0 amide bonds. The van der Waals surface area contributed by atoms with Crippen molar-refractivity contribution in [1.82, 2.24) is 0 Å². The van der Waals surface area contributed by atoms with E-state index in [4.69, 9.17) is 0 Å². The van der Waals surface area contributed by atoms with Crippen LogP contribution in [-0.2, 0) is 0 Å². The van der Waals surface area contributed by atoms with Crippen LogP contribution in [0.5, 0.6) is 0 Å². The third-order valence-electron chi connectivity index (χ3n) is 1.63. The van der Waals surface area contributed by atoms with Crippen LogP contribution in [0.15, 0.2) is 29.8 Å². The smallest absolute Gasteiger partial charge is 0.264 e. The molecule has 0 saturated carbocycles. The van der Waals surface area contributed by atoms with E-state index in [2.05, 4.69) is 18.3 Å². The van der Waals surface area contributed by atoms with Gasteiger partial charge in [-0.05, 0) is 12.8 Å². The fourth-order valence-corrected chi connectivity index (χ4v) is 1.05. The molecule has 1 aromatic carbocycles. The summed E-state index contributed by atoms with van der Waals surface area (Å²) >= 11 is 0. The summed E-state index contributed by atoms with van der Waals surface area (Å²) in [4.78, 5) is 13.7. The number of nitrogens with zero attached hydrogens (tertiary/aromatic N) is 2. The zero-order valence-corrected chi connectivity index (χ0v) is 6.93. The first-order valence-electron chi connectivity index (χ1n) is 3.57. The molecule has 0 saturated heterocycles. The number of hydrogen-bond donors (Lipinski definition) is 0. The van der Waals surface area contributed by atoms with Crippen LogP contribution in [0.4, 0.5) is 11.4 Å². The molecular formula is C9H8N2O2. The maximum atomic E-state index is 10.5. The molecule has 0 atom stereocenters. The molecule has 1 aromatic rings. The van der Waals surface area contributed by atoms with Crippen LogP contribution in [0.3, 0.4) is 0 Å². The summed E-state index contributed by atoms with van der Waals surface area (Å²) in [7, 11) is 0. The minimum Gasteiger partial charge on any atom is -0.264 e. The number of hydrogen-bond acceptors (Lipinski definition) is 3. The SMILES string of the molecule is C=Cc1c(N=C)cccc1[N+](=O)[O-]. The Labute approximate surface area is 75.4 Å². The first-order valence-corrected chi connectivity index (χ1v) is 3.57. The highest BCUT2D eigenvalue weighted by molar-refractivity contribution is 5.72. The van der Waals surface area contributed by atoms with Crippen molar-refractivity contribution in [1.29, 1.82) is 0 Å². The van der Waals surface area contributed by atoms with Crippen LogP contribution in [0.25, 0.3) is 6.08 Å². The first-order chi connectivity index (χ1) is 6.20. The van der Waals surface area contributed by atoms with Gasteiger partial charge in [-0.25, -0.2) is 0 Å². The second-order valence-electron chi connectivity index (χ2n) is 2.33. The Hall–Kier alpha value is -1.97. The Kier molecular flexibility index (Phi) is 2.54. The number of rotatable bonds is 3. The van der Waals surface area contributed by atoms with E-state index >= 15 is 0 Å². The predicted octanol–water partition coefficient (Wildman–Crippen LogP) is 2.57. The van der Waals surface area contributed by atoms with Gasteiger partial charge in [0.25, 0.3) is 5.69 Å². The molecular weight excluding hydrogens is 168 g/mol.